The minimum atomic E-state index is -3.55. The van der Waals surface area contributed by atoms with Crippen molar-refractivity contribution in [2.45, 2.75) is 31.3 Å². The molecular weight excluding hydrogens is 280 g/mol. The van der Waals surface area contributed by atoms with Crippen molar-refractivity contribution in [3.05, 3.63) is 23.8 Å². The van der Waals surface area contributed by atoms with Gasteiger partial charge in [-0.3, -0.25) is 5.32 Å². The molecule has 0 saturated carbocycles. The molecule has 20 heavy (non-hydrogen) atoms. The van der Waals surface area contributed by atoms with Crippen LogP contribution in [0.4, 0.5) is 10.5 Å². The number of nitrogens with zero attached hydrogens (tertiary/aromatic N) is 1. The summed E-state index contributed by atoms with van der Waals surface area (Å²) in [5, 5.41) is 11.5. The highest BCUT2D eigenvalue weighted by Gasteiger charge is 2.20. The Kier molecular flexibility index (Phi) is 4.40. The first-order valence-corrected chi connectivity index (χ1v) is 7.67. The maximum Gasteiger partial charge on any atom is 0.412 e. The zero-order chi connectivity index (χ0) is 15.6. The second-order valence-corrected chi connectivity index (χ2v) is 7.17. The van der Waals surface area contributed by atoms with Gasteiger partial charge in [0, 0.05) is 6.26 Å². The van der Waals surface area contributed by atoms with Crippen molar-refractivity contribution in [3.63, 3.8) is 0 Å². The summed E-state index contributed by atoms with van der Waals surface area (Å²) in [4.78, 5) is 11.5. The lowest BCUT2D eigenvalue weighted by molar-refractivity contribution is 0.0636. The van der Waals surface area contributed by atoms with E-state index in [1.54, 1.807) is 26.8 Å². The number of anilines is 1. The van der Waals surface area contributed by atoms with E-state index in [9.17, 15) is 13.2 Å². The third kappa shape index (κ3) is 4.24. The molecule has 0 aliphatic rings. The average Bonchev–Trinajstić information content (AvgIpc) is 2.24. The van der Waals surface area contributed by atoms with Crippen LogP contribution in [-0.2, 0) is 14.6 Å². The van der Waals surface area contributed by atoms with Gasteiger partial charge in [0.2, 0.25) is 0 Å². The number of hydrogen-bond donors (Lipinski definition) is 1. The van der Waals surface area contributed by atoms with Crippen molar-refractivity contribution < 1.29 is 17.9 Å². The van der Waals surface area contributed by atoms with E-state index in [2.05, 4.69) is 5.32 Å². The zero-order valence-electron chi connectivity index (χ0n) is 11.7. The summed E-state index contributed by atoms with van der Waals surface area (Å²) in [6.07, 6.45) is 0.250. The summed E-state index contributed by atoms with van der Waals surface area (Å²) < 4.78 is 28.2. The van der Waals surface area contributed by atoms with Crippen LogP contribution in [0.1, 0.15) is 26.3 Å². The molecule has 0 atom stereocenters. The molecule has 0 saturated heterocycles. The van der Waals surface area contributed by atoms with Gasteiger partial charge < -0.3 is 4.74 Å². The van der Waals surface area contributed by atoms with Crippen LogP contribution in [0.25, 0.3) is 0 Å². The van der Waals surface area contributed by atoms with Crippen molar-refractivity contribution >= 4 is 21.6 Å². The molecule has 0 spiro atoms. The molecule has 0 fully saturated rings. The van der Waals surface area contributed by atoms with Gasteiger partial charge in [0.1, 0.15) is 11.7 Å². The number of benzene rings is 1. The highest BCUT2D eigenvalue weighted by Crippen LogP contribution is 2.23. The lowest BCUT2D eigenvalue weighted by Crippen LogP contribution is -2.27. The van der Waals surface area contributed by atoms with Crippen LogP contribution in [0.5, 0.6) is 0 Å². The first-order chi connectivity index (χ1) is 9.04. The molecule has 108 valence electrons. The summed E-state index contributed by atoms with van der Waals surface area (Å²) >= 11 is 0. The van der Waals surface area contributed by atoms with Crippen molar-refractivity contribution in [2.75, 3.05) is 11.6 Å². The maximum absolute atomic E-state index is 11.7. The molecule has 0 aliphatic carbocycles. The smallest absolute Gasteiger partial charge is 0.412 e. The monoisotopic (exact) mass is 296 g/mol. The fraction of sp³-hybridized carbons (Fsp3) is 0.385. The Morgan fingerprint density at radius 3 is 2.40 bits per heavy atom. The van der Waals surface area contributed by atoms with Crippen LogP contribution in [-0.4, -0.2) is 26.4 Å². The Bertz CT molecular complexity index is 667. The Balaban J connectivity index is 3.16. The Labute approximate surface area is 118 Å². The average molecular weight is 296 g/mol. The van der Waals surface area contributed by atoms with E-state index in [1.807, 2.05) is 0 Å². The van der Waals surface area contributed by atoms with Crippen LogP contribution in [0.15, 0.2) is 23.1 Å². The normalized spacial score (nSPS) is 11.6. The van der Waals surface area contributed by atoms with E-state index in [1.165, 1.54) is 18.2 Å². The summed E-state index contributed by atoms with van der Waals surface area (Å²) in [6.45, 7) is 5.10. The van der Waals surface area contributed by atoms with Gasteiger partial charge in [-0.15, -0.1) is 0 Å². The molecule has 1 rings (SSSR count). The highest BCUT2D eigenvalue weighted by molar-refractivity contribution is 7.90. The van der Waals surface area contributed by atoms with E-state index in [0.717, 1.165) is 6.26 Å². The van der Waals surface area contributed by atoms with Gasteiger partial charge in [-0.05, 0) is 32.9 Å². The molecule has 0 radical (unpaired) electrons. The lowest BCUT2D eigenvalue weighted by atomic mass is 10.2. The first-order valence-electron chi connectivity index (χ1n) is 5.78. The molecule has 7 heteroatoms. The fourth-order valence-corrected chi connectivity index (χ4v) is 2.33. The van der Waals surface area contributed by atoms with Crippen LogP contribution < -0.4 is 5.32 Å². The second kappa shape index (κ2) is 5.51. The van der Waals surface area contributed by atoms with Crippen LogP contribution in [0.2, 0.25) is 0 Å². The molecular formula is C13H16N2O4S. The Morgan fingerprint density at radius 2 is 1.95 bits per heavy atom. The predicted molar refractivity (Wildman–Crippen MR) is 74.1 cm³/mol. The van der Waals surface area contributed by atoms with Gasteiger partial charge >= 0.3 is 6.09 Å². The Morgan fingerprint density at radius 1 is 1.35 bits per heavy atom. The number of nitrogens with one attached hydrogen (secondary N) is 1. The number of ether oxygens (including phenoxy) is 1. The number of hydrogen-bond acceptors (Lipinski definition) is 5. The number of carbonyl (C=O) groups excluding carboxylic acids is 1. The van der Waals surface area contributed by atoms with Gasteiger partial charge in [0.25, 0.3) is 0 Å². The highest BCUT2D eigenvalue weighted by atomic mass is 32.2. The lowest BCUT2D eigenvalue weighted by Gasteiger charge is -2.20. The number of rotatable bonds is 2. The second-order valence-electron chi connectivity index (χ2n) is 5.19. The molecule has 0 heterocycles. The van der Waals surface area contributed by atoms with E-state index in [4.69, 9.17) is 10.00 Å². The molecule has 1 aromatic rings. The molecule has 0 bridgehead atoms. The van der Waals surface area contributed by atoms with Crippen molar-refractivity contribution in [1.29, 1.82) is 5.26 Å². The fourth-order valence-electron chi connectivity index (χ4n) is 1.47. The predicted octanol–water partition coefficient (Wildman–Crippen LogP) is 2.31. The minimum Gasteiger partial charge on any atom is -0.444 e. The molecule has 0 aromatic heterocycles. The van der Waals surface area contributed by atoms with Gasteiger partial charge in [-0.2, -0.15) is 5.26 Å². The number of carbonyl (C=O) groups is 1. The van der Waals surface area contributed by atoms with E-state index < -0.39 is 21.5 Å². The molecule has 0 unspecified atom stereocenters. The van der Waals surface area contributed by atoms with E-state index in [0.29, 0.717) is 0 Å². The third-order valence-corrected chi connectivity index (χ3v) is 3.31. The molecule has 6 nitrogen and oxygen atoms in total. The topological polar surface area (TPSA) is 96.3 Å². The molecule has 1 N–H and O–H groups in total. The Hall–Kier alpha value is -2.07. The van der Waals surface area contributed by atoms with Gasteiger partial charge in [0.05, 0.1) is 16.1 Å². The zero-order valence-corrected chi connectivity index (χ0v) is 12.5. The number of amides is 1. The first kappa shape index (κ1) is 16.0. The maximum atomic E-state index is 11.7. The van der Waals surface area contributed by atoms with Gasteiger partial charge in [-0.1, -0.05) is 6.07 Å². The quantitative estimate of drug-likeness (QED) is 0.903. The third-order valence-electron chi connectivity index (χ3n) is 2.17. The summed E-state index contributed by atoms with van der Waals surface area (Å²) in [6, 6.07) is 5.99. The van der Waals surface area contributed by atoms with Crippen LogP contribution >= 0.6 is 0 Å². The number of sulfone groups is 1. The minimum absolute atomic E-state index is 0.102. The molecule has 0 aliphatic heterocycles. The van der Waals surface area contributed by atoms with E-state index in [-0.39, 0.29) is 16.1 Å². The largest absolute Gasteiger partial charge is 0.444 e. The van der Waals surface area contributed by atoms with Crippen molar-refractivity contribution in [2.24, 2.45) is 0 Å². The molecule has 1 aromatic carbocycles. The van der Waals surface area contributed by atoms with Crippen LogP contribution in [0, 0.1) is 11.3 Å². The molecule has 1 amide bonds. The standard InChI is InChI=1S/C13H16N2O4S/c1-13(2,3)19-12(16)15-10-6-5-7-11(9(10)8-14)20(4,17)18/h5-7H,1-4H3,(H,15,16). The van der Waals surface area contributed by atoms with Gasteiger partial charge in [0.15, 0.2) is 9.84 Å². The summed E-state index contributed by atoms with van der Waals surface area (Å²) in [7, 11) is -3.55. The van der Waals surface area contributed by atoms with Crippen molar-refractivity contribution in [3.8, 4) is 6.07 Å². The number of nitriles is 1. The van der Waals surface area contributed by atoms with Crippen molar-refractivity contribution in [1.82, 2.24) is 0 Å². The van der Waals surface area contributed by atoms with Crippen LogP contribution in [0.3, 0.4) is 0 Å². The summed E-state index contributed by atoms with van der Waals surface area (Å²) in [5.41, 5.74) is -0.698. The van der Waals surface area contributed by atoms with E-state index >= 15 is 0 Å². The summed E-state index contributed by atoms with van der Waals surface area (Å²) in [5.74, 6) is 0. The van der Waals surface area contributed by atoms with Gasteiger partial charge in [-0.25, -0.2) is 13.2 Å². The SMILES string of the molecule is CC(C)(C)OC(=O)Nc1cccc(S(C)(=O)=O)c1C#N.